The molecule has 3 aromatic rings. The Bertz CT molecular complexity index is 1020. The van der Waals surface area contributed by atoms with Gasteiger partial charge in [-0.25, -0.2) is 0 Å². The van der Waals surface area contributed by atoms with Crippen LogP contribution in [0.4, 0.5) is 5.69 Å². The number of allylic oxidation sites excluding steroid dienone is 1. The first-order chi connectivity index (χ1) is 14.7. The summed E-state index contributed by atoms with van der Waals surface area (Å²) in [7, 11) is 3.58. The molecule has 1 aromatic heterocycles. The molecule has 0 saturated heterocycles. The van der Waals surface area contributed by atoms with Crippen molar-refractivity contribution >= 4 is 11.3 Å². The largest absolute Gasteiger partial charge is 0.491 e. The molecule has 0 amide bonds. The number of aryl methyl sites for hydroxylation is 1. The summed E-state index contributed by atoms with van der Waals surface area (Å²) >= 11 is 0. The molecule has 2 aromatic carbocycles. The quantitative estimate of drug-likeness (QED) is 0.526. The Labute approximate surface area is 176 Å². The third-order valence-electron chi connectivity index (χ3n) is 4.74. The Balaban J connectivity index is 1.56. The maximum Gasteiger partial charge on any atom is 0.134 e. The maximum absolute atomic E-state index is 6.19. The van der Waals surface area contributed by atoms with Crippen LogP contribution < -0.4 is 14.4 Å². The molecule has 2 heterocycles. The Morgan fingerprint density at radius 2 is 1.77 bits per heavy atom. The number of hydrogen-bond donors (Lipinski definition) is 0. The summed E-state index contributed by atoms with van der Waals surface area (Å²) in [5.41, 5.74) is 3.06. The molecule has 0 radical (unpaired) electrons. The van der Waals surface area contributed by atoms with Gasteiger partial charge in [0.25, 0.3) is 0 Å². The minimum atomic E-state index is 0.535. The number of aromatic nitrogens is 2. The zero-order chi connectivity index (χ0) is 20.8. The molecular weight excluding hydrogens is 378 g/mol. The van der Waals surface area contributed by atoms with E-state index in [9.17, 15) is 0 Å². The van der Waals surface area contributed by atoms with Gasteiger partial charge in [0.15, 0.2) is 0 Å². The van der Waals surface area contributed by atoms with Crippen LogP contribution in [0.5, 0.6) is 11.5 Å². The van der Waals surface area contributed by atoms with E-state index in [2.05, 4.69) is 34.4 Å². The third kappa shape index (κ3) is 4.72. The van der Waals surface area contributed by atoms with Gasteiger partial charge in [-0.2, -0.15) is 5.10 Å². The average molecular weight is 403 g/mol. The van der Waals surface area contributed by atoms with Crippen molar-refractivity contribution in [2.75, 3.05) is 31.8 Å². The van der Waals surface area contributed by atoms with Gasteiger partial charge in [-0.1, -0.05) is 18.2 Å². The van der Waals surface area contributed by atoms with Crippen LogP contribution in [0, 0.1) is 0 Å². The van der Waals surface area contributed by atoms with Crippen LogP contribution in [0.3, 0.4) is 0 Å². The van der Waals surface area contributed by atoms with Crippen molar-refractivity contribution in [3.05, 3.63) is 90.6 Å². The van der Waals surface area contributed by atoms with Crippen molar-refractivity contribution < 1.29 is 14.2 Å². The number of methoxy groups -OCH3 is 1. The van der Waals surface area contributed by atoms with E-state index >= 15 is 0 Å². The van der Waals surface area contributed by atoms with E-state index in [1.165, 1.54) is 0 Å². The highest BCUT2D eigenvalue weighted by Crippen LogP contribution is 2.31. The van der Waals surface area contributed by atoms with Crippen LogP contribution in [0.25, 0.3) is 5.57 Å². The highest BCUT2D eigenvalue weighted by Gasteiger charge is 2.19. The van der Waals surface area contributed by atoms with Crippen molar-refractivity contribution in [1.29, 1.82) is 0 Å². The third-order valence-corrected chi connectivity index (χ3v) is 4.74. The molecule has 0 aliphatic carbocycles. The Morgan fingerprint density at radius 3 is 2.47 bits per heavy atom. The lowest BCUT2D eigenvalue weighted by Gasteiger charge is -2.26. The summed E-state index contributed by atoms with van der Waals surface area (Å²) in [4.78, 5) is 2.18. The van der Waals surface area contributed by atoms with Crippen molar-refractivity contribution in [1.82, 2.24) is 9.78 Å². The Kier molecular flexibility index (Phi) is 6.15. The van der Waals surface area contributed by atoms with E-state index in [0.29, 0.717) is 19.8 Å². The number of ether oxygens (including phenoxy) is 3. The van der Waals surface area contributed by atoms with Crippen LogP contribution in [0.2, 0.25) is 0 Å². The van der Waals surface area contributed by atoms with E-state index in [-0.39, 0.29) is 0 Å². The smallest absolute Gasteiger partial charge is 0.134 e. The standard InChI is InChI=1S/C24H25N3O3/c1-26-17-19(16-25-26)23-18-27(13-12-24(23)30-22-6-4-3-5-7-22)20-8-10-21(11-9-20)29-15-14-28-2/h3-12,16-18H,13-15H2,1-2H3. The van der Waals surface area contributed by atoms with Gasteiger partial charge in [0.05, 0.1) is 12.8 Å². The molecule has 0 atom stereocenters. The van der Waals surface area contributed by atoms with Crippen molar-refractivity contribution in [2.24, 2.45) is 7.05 Å². The van der Waals surface area contributed by atoms with Crippen LogP contribution in [0.15, 0.2) is 85.0 Å². The molecule has 4 rings (SSSR count). The van der Waals surface area contributed by atoms with Gasteiger partial charge in [-0.05, 0) is 42.5 Å². The SMILES string of the molecule is COCCOc1ccc(N2C=C(c3cnn(C)c3)C(Oc3ccccc3)=CC2)cc1. The van der Waals surface area contributed by atoms with Crippen LogP contribution in [-0.2, 0) is 11.8 Å². The van der Waals surface area contributed by atoms with E-state index < -0.39 is 0 Å². The lowest BCUT2D eigenvalue weighted by atomic mass is 10.1. The normalized spacial score (nSPS) is 13.6. The van der Waals surface area contributed by atoms with Crippen LogP contribution >= 0.6 is 0 Å². The zero-order valence-corrected chi connectivity index (χ0v) is 17.2. The second kappa shape index (κ2) is 9.33. The summed E-state index contributed by atoms with van der Waals surface area (Å²) in [6.45, 7) is 1.81. The molecule has 0 unspecified atom stereocenters. The minimum Gasteiger partial charge on any atom is -0.491 e. The molecule has 6 heteroatoms. The highest BCUT2D eigenvalue weighted by atomic mass is 16.5. The Hall–Kier alpha value is -3.51. The highest BCUT2D eigenvalue weighted by molar-refractivity contribution is 5.81. The van der Waals surface area contributed by atoms with Crippen molar-refractivity contribution in [3.63, 3.8) is 0 Å². The number of benzene rings is 2. The number of para-hydroxylation sites is 1. The van der Waals surface area contributed by atoms with Crippen LogP contribution in [0.1, 0.15) is 5.56 Å². The van der Waals surface area contributed by atoms with E-state index in [4.69, 9.17) is 14.2 Å². The van der Waals surface area contributed by atoms with E-state index in [1.54, 1.807) is 11.8 Å². The summed E-state index contributed by atoms with van der Waals surface area (Å²) in [5, 5.41) is 4.33. The van der Waals surface area contributed by atoms with Crippen molar-refractivity contribution in [3.8, 4) is 11.5 Å². The van der Waals surface area contributed by atoms with Gasteiger partial charge >= 0.3 is 0 Å². The predicted octanol–water partition coefficient (Wildman–Crippen LogP) is 4.27. The van der Waals surface area contributed by atoms with Gasteiger partial charge in [0.1, 0.15) is 23.9 Å². The number of anilines is 1. The zero-order valence-electron chi connectivity index (χ0n) is 17.2. The summed E-state index contributed by atoms with van der Waals surface area (Å²) in [5.74, 6) is 2.46. The summed E-state index contributed by atoms with van der Waals surface area (Å²) in [6.07, 6.45) is 8.04. The molecule has 0 N–H and O–H groups in total. The van der Waals surface area contributed by atoms with E-state index in [0.717, 1.165) is 34.1 Å². The molecule has 0 spiro atoms. The fraction of sp³-hybridized carbons (Fsp3) is 0.208. The number of nitrogens with zero attached hydrogens (tertiary/aromatic N) is 3. The van der Waals surface area contributed by atoms with Gasteiger partial charge in [-0.15, -0.1) is 0 Å². The molecule has 154 valence electrons. The molecule has 6 nitrogen and oxygen atoms in total. The molecule has 30 heavy (non-hydrogen) atoms. The lowest BCUT2D eigenvalue weighted by molar-refractivity contribution is 0.146. The first-order valence-electron chi connectivity index (χ1n) is 9.85. The van der Waals surface area contributed by atoms with E-state index in [1.807, 2.05) is 61.9 Å². The summed E-state index contributed by atoms with van der Waals surface area (Å²) in [6, 6.07) is 17.9. The van der Waals surface area contributed by atoms with Gasteiger partial charge in [0.2, 0.25) is 0 Å². The monoisotopic (exact) mass is 403 g/mol. The fourth-order valence-corrected chi connectivity index (χ4v) is 3.21. The van der Waals surface area contributed by atoms with Crippen LogP contribution in [-0.4, -0.2) is 36.6 Å². The maximum atomic E-state index is 6.19. The fourth-order valence-electron chi connectivity index (χ4n) is 3.21. The summed E-state index contributed by atoms with van der Waals surface area (Å²) < 4.78 is 18.7. The second-order valence-electron chi connectivity index (χ2n) is 6.92. The minimum absolute atomic E-state index is 0.535. The Morgan fingerprint density at radius 1 is 0.967 bits per heavy atom. The van der Waals surface area contributed by atoms with Gasteiger partial charge < -0.3 is 19.1 Å². The second-order valence-corrected chi connectivity index (χ2v) is 6.92. The number of hydrogen-bond acceptors (Lipinski definition) is 5. The van der Waals surface area contributed by atoms with Gasteiger partial charge in [0, 0.05) is 49.9 Å². The molecule has 0 bridgehead atoms. The first kappa shape index (κ1) is 19.8. The molecule has 0 fully saturated rings. The number of rotatable bonds is 8. The molecular formula is C24H25N3O3. The molecule has 0 saturated carbocycles. The topological polar surface area (TPSA) is 48.8 Å². The molecule has 1 aliphatic rings. The van der Waals surface area contributed by atoms with Crippen molar-refractivity contribution in [2.45, 2.75) is 0 Å². The molecule has 1 aliphatic heterocycles. The predicted molar refractivity (Wildman–Crippen MR) is 117 cm³/mol. The average Bonchev–Trinajstić information content (AvgIpc) is 3.22. The lowest BCUT2D eigenvalue weighted by Crippen LogP contribution is -2.22. The first-order valence-corrected chi connectivity index (χ1v) is 9.85. The van der Waals surface area contributed by atoms with Gasteiger partial charge in [-0.3, -0.25) is 4.68 Å².